The van der Waals surface area contributed by atoms with Crippen molar-refractivity contribution in [3.63, 3.8) is 0 Å². The molecule has 0 unspecified atom stereocenters. The van der Waals surface area contributed by atoms with E-state index in [1.807, 2.05) is 0 Å². The number of aromatic nitrogens is 5. The third-order valence-corrected chi connectivity index (χ3v) is 3.96. The zero-order valence-corrected chi connectivity index (χ0v) is 11.5. The monoisotopic (exact) mass is 293 g/mol. The van der Waals surface area contributed by atoms with Crippen LogP contribution in [-0.2, 0) is 11.2 Å². The maximum absolute atomic E-state index is 12.1. The van der Waals surface area contributed by atoms with E-state index < -0.39 is 0 Å². The fourth-order valence-corrected chi connectivity index (χ4v) is 2.77. The molecule has 0 aromatic carbocycles. The van der Waals surface area contributed by atoms with Crippen LogP contribution >= 0.6 is 11.8 Å². The van der Waals surface area contributed by atoms with E-state index in [4.69, 9.17) is 0 Å². The zero-order valence-electron chi connectivity index (χ0n) is 10.7. The molecule has 20 heavy (non-hydrogen) atoms. The molecule has 8 nitrogen and oxygen atoms in total. The Morgan fingerprint density at radius 3 is 3.35 bits per heavy atom. The van der Waals surface area contributed by atoms with E-state index in [1.54, 1.807) is 24.3 Å². The number of hydrogen-bond acceptors (Lipinski definition) is 6. The summed E-state index contributed by atoms with van der Waals surface area (Å²) in [7, 11) is 0. The molecule has 0 aliphatic carbocycles. The molecule has 3 rings (SSSR count). The third-order valence-electron chi connectivity index (χ3n) is 3.05. The van der Waals surface area contributed by atoms with Gasteiger partial charge in [-0.1, -0.05) is 0 Å². The molecule has 2 aromatic heterocycles. The highest BCUT2D eigenvalue weighted by molar-refractivity contribution is 7.99. The Labute approximate surface area is 119 Å². The van der Waals surface area contributed by atoms with Gasteiger partial charge in [-0.15, -0.1) is 16.9 Å². The van der Waals surface area contributed by atoms with Gasteiger partial charge in [-0.3, -0.25) is 4.79 Å². The second kappa shape index (κ2) is 6.06. The van der Waals surface area contributed by atoms with E-state index in [-0.39, 0.29) is 11.9 Å². The maximum atomic E-state index is 12.1. The number of aromatic amines is 2. The third kappa shape index (κ3) is 2.83. The Morgan fingerprint density at radius 1 is 1.55 bits per heavy atom. The molecule has 0 bridgehead atoms. The van der Waals surface area contributed by atoms with Crippen molar-refractivity contribution in [2.45, 2.75) is 17.5 Å². The van der Waals surface area contributed by atoms with Gasteiger partial charge in [-0.25, -0.2) is 4.98 Å². The number of thioether (sulfide) groups is 1. The second-order valence-corrected chi connectivity index (χ2v) is 5.47. The van der Waals surface area contributed by atoms with E-state index in [0.717, 1.165) is 35.1 Å². The van der Waals surface area contributed by atoms with Crippen molar-refractivity contribution in [1.82, 2.24) is 36.0 Å². The van der Waals surface area contributed by atoms with Gasteiger partial charge in [-0.05, 0) is 0 Å². The summed E-state index contributed by atoms with van der Waals surface area (Å²) >= 11 is 1.54. The van der Waals surface area contributed by atoms with Gasteiger partial charge in [0.25, 0.3) is 0 Å². The number of hydrogen-bond donors (Lipinski definition) is 4. The van der Waals surface area contributed by atoms with Crippen molar-refractivity contribution in [1.29, 1.82) is 0 Å². The Bertz CT molecular complexity index is 567. The summed E-state index contributed by atoms with van der Waals surface area (Å²) in [6.07, 6.45) is 4.17. The summed E-state index contributed by atoms with van der Waals surface area (Å²) in [4.78, 5) is 19.4. The van der Waals surface area contributed by atoms with Gasteiger partial charge in [0.15, 0.2) is 0 Å². The molecule has 0 fully saturated rings. The highest BCUT2D eigenvalue weighted by Crippen LogP contribution is 2.19. The Kier molecular flexibility index (Phi) is 3.97. The van der Waals surface area contributed by atoms with Crippen molar-refractivity contribution < 1.29 is 4.79 Å². The summed E-state index contributed by atoms with van der Waals surface area (Å²) in [5.41, 5.74) is 1.85. The van der Waals surface area contributed by atoms with Gasteiger partial charge < -0.3 is 15.6 Å². The van der Waals surface area contributed by atoms with Crippen LogP contribution in [-0.4, -0.2) is 50.1 Å². The Balaban J connectivity index is 1.48. The first kappa shape index (κ1) is 13.1. The molecule has 0 saturated carbocycles. The number of amides is 1. The number of nitrogens with one attached hydrogen (secondary N) is 4. The van der Waals surface area contributed by atoms with Crippen LogP contribution in [0.1, 0.15) is 17.4 Å². The van der Waals surface area contributed by atoms with Gasteiger partial charge in [0.1, 0.15) is 11.1 Å². The van der Waals surface area contributed by atoms with Gasteiger partial charge >= 0.3 is 0 Å². The first-order valence-corrected chi connectivity index (χ1v) is 7.35. The van der Waals surface area contributed by atoms with Crippen molar-refractivity contribution in [2.75, 3.05) is 18.8 Å². The van der Waals surface area contributed by atoms with Crippen molar-refractivity contribution in [2.24, 2.45) is 0 Å². The van der Waals surface area contributed by atoms with Gasteiger partial charge in [0.05, 0.1) is 18.2 Å². The number of carbonyl (C=O) groups is 1. The molecule has 1 amide bonds. The standard InChI is InChI=1S/C11H15N7OS/c19-11(13-3-4-20-8-5-16-18-17-8)10-9-7(1-2-12-10)14-6-15-9/h5-6,10,12H,1-4H2,(H,13,19)(H,14,15)(H,16,17,18)/t10-/m0/s1. The minimum atomic E-state index is -0.359. The first-order chi connectivity index (χ1) is 9.84. The lowest BCUT2D eigenvalue weighted by atomic mass is 10.1. The average molecular weight is 293 g/mol. The maximum Gasteiger partial charge on any atom is 0.243 e. The lowest BCUT2D eigenvalue weighted by Gasteiger charge is -2.22. The fourth-order valence-electron chi connectivity index (χ4n) is 2.13. The SMILES string of the molecule is O=C(NCCSc1cn[nH]n1)[C@H]1NCCc2[nH]cnc21. The van der Waals surface area contributed by atoms with Gasteiger partial charge in [0.2, 0.25) is 5.91 Å². The van der Waals surface area contributed by atoms with Crippen LogP contribution in [0.3, 0.4) is 0 Å². The van der Waals surface area contributed by atoms with Gasteiger partial charge in [-0.2, -0.15) is 10.3 Å². The van der Waals surface area contributed by atoms with Gasteiger partial charge in [0, 0.05) is 31.0 Å². The van der Waals surface area contributed by atoms with Crippen LogP contribution < -0.4 is 10.6 Å². The molecule has 3 heterocycles. The number of nitrogens with zero attached hydrogens (tertiary/aromatic N) is 3. The normalized spacial score (nSPS) is 17.7. The quantitative estimate of drug-likeness (QED) is 0.442. The number of imidazole rings is 1. The summed E-state index contributed by atoms with van der Waals surface area (Å²) in [6, 6.07) is -0.359. The molecule has 1 aliphatic heterocycles. The molecule has 2 aromatic rings. The summed E-state index contributed by atoms with van der Waals surface area (Å²) in [5, 5.41) is 17.1. The number of fused-ring (bicyclic) bond motifs is 1. The minimum absolute atomic E-state index is 0.0428. The molecule has 0 saturated heterocycles. The van der Waals surface area contributed by atoms with Crippen LogP contribution in [0.4, 0.5) is 0 Å². The highest BCUT2D eigenvalue weighted by Gasteiger charge is 2.27. The van der Waals surface area contributed by atoms with Crippen LogP contribution in [0.15, 0.2) is 17.6 Å². The zero-order chi connectivity index (χ0) is 13.8. The average Bonchev–Trinajstić information content (AvgIpc) is 3.13. The number of H-pyrrole nitrogens is 2. The van der Waals surface area contributed by atoms with Crippen LogP contribution in [0.25, 0.3) is 0 Å². The predicted octanol–water partition coefficient (Wildman–Crippen LogP) is -0.377. The molecule has 1 aliphatic rings. The topological polar surface area (TPSA) is 111 Å². The lowest BCUT2D eigenvalue weighted by Crippen LogP contribution is -2.42. The van der Waals surface area contributed by atoms with E-state index in [9.17, 15) is 4.79 Å². The first-order valence-electron chi connectivity index (χ1n) is 6.36. The smallest absolute Gasteiger partial charge is 0.243 e. The second-order valence-electron chi connectivity index (χ2n) is 4.35. The number of rotatable bonds is 5. The molecular weight excluding hydrogens is 278 g/mol. The molecule has 0 radical (unpaired) electrons. The number of carbonyl (C=O) groups excluding carboxylic acids is 1. The van der Waals surface area contributed by atoms with Crippen LogP contribution in [0.5, 0.6) is 0 Å². The molecule has 0 spiro atoms. The molecule has 9 heteroatoms. The fraction of sp³-hybridized carbons (Fsp3) is 0.455. The minimum Gasteiger partial charge on any atom is -0.354 e. The Hall–Kier alpha value is -1.87. The summed E-state index contributed by atoms with van der Waals surface area (Å²) in [5.74, 6) is 0.706. The summed E-state index contributed by atoms with van der Waals surface area (Å²) < 4.78 is 0. The van der Waals surface area contributed by atoms with E-state index in [2.05, 4.69) is 36.0 Å². The van der Waals surface area contributed by atoms with E-state index >= 15 is 0 Å². The predicted molar refractivity (Wildman–Crippen MR) is 73.2 cm³/mol. The molecule has 1 atom stereocenters. The Morgan fingerprint density at radius 2 is 2.50 bits per heavy atom. The van der Waals surface area contributed by atoms with Crippen LogP contribution in [0.2, 0.25) is 0 Å². The van der Waals surface area contributed by atoms with E-state index in [1.165, 1.54) is 0 Å². The largest absolute Gasteiger partial charge is 0.354 e. The molecular formula is C11H15N7OS. The lowest BCUT2D eigenvalue weighted by molar-refractivity contribution is -0.123. The summed E-state index contributed by atoms with van der Waals surface area (Å²) in [6.45, 7) is 1.36. The van der Waals surface area contributed by atoms with E-state index in [0.29, 0.717) is 6.54 Å². The van der Waals surface area contributed by atoms with Crippen LogP contribution in [0, 0.1) is 0 Å². The molecule has 4 N–H and O–H groups in total. The van der Waals surface area contributed by atoms with Crippen molar-refractivity contribution in [3.05, 3.63) is 23.9 Å². The molecule has 106 valence electrons. The van der Waals surface area contributed by atoms with Crippen molar-refractivity contribution >= 4 is 17.7 Å². The van der Waals surface area contributed by atoms with Crippen molar-refractivity contribution in [3.8, 4) is 0 Å². The highest BCUT2D eigenvalue weighted by atomic mass is 32.2.